The lowest BCUT2D eigenvalue weighted by atomic mass is 9.97. The quantitative estimate of drug-likeness (QED) is 0.222. The van der Waals surface area contributed by atoms with E-state index in [1.54, 1.807) is 18.0 Å². The number of ether oxygens (including phenoxy) is 3. The number of piperidine rings is 1. The van der Waals surface area contributed by atoms with E-state index in [2.05, 4.69) is 26.2 Å². The number of amidine groups is 1. The standard InChI is InChI=1S/C29H47FN6O4/c1-10-11-22-15-23(12-13-36(22)28(37)40-29(6,7)8)39-25-16-24(34-27(35-25)26(31)33-18(2)3)38-20(5)19(4)14-21(30)17-32-9/h1,16,18-23,32H,11-15,17H2,2-9H3,(H2,31,33)/t19-,20-,21+,22+,23-/m0/s1. The Kier molecular flexibility index (Phi) is 12.4. The number of hydrogen-bond donors (Lipinski definition) is 2. The van der Waals surface area contributed by atoms with Gasteiger partial charge >= 0.3 is 6.09 Å². The van der Waals surface area contributed by atoms with Gasteiger partial charge in [-0.25, -0.2) is 9.18 Å². The molecule has 5 atom stereocenters. The molecule has 224 valence electrons. The normalized spacial score (nSPS) is 20.4. The summed E-state index contributed by atoms with van der Waals surface area (Å²) in [5.74, 6) is 3.47. The van der Waals surface area contributed by atoms with Crippen LogP contribution in [0.1, 0.15) is 80.0 Å². The van der Waals surface area contributed by atoms with Crippen LogP contribution in [0.25, 0.3) is 0 Å². The van der Waals surface area contributed by atoms with Gasteiger partial charge in [0.05, 0.1) is 6.07 Å². The fraction of sp³-hybridized carbons (Fsp3) is 0.724. The SMILES string of the molecule is C#CC[C@@H]1C[C@@H](Oc2cc(O[C@@H](C)[C@@H](C)C[C@@H](F)CNC)nc(/C(N)=N/C(C)C)n2)CCN1C(=O)OC(C)(C)C. The molecule has 1 aliphatic heterocycles. The molecule has 1 aromatic heterocycles. The Morgan fingerprint density at radius 2 is 1.98 bits per heavy atom. The maximum Gasteiger partial charge on any atom is 0.410 e. The molecule has 2 rings (SSSR count). The highest BCUT2D eigenvalue weighted by Crippen LogP contribution is 2.28. The number of likely N-dealkylation sites (tertiary alicyclic amines) is 1. The van der Waals surface area contributed by atoms with Crippen LogP contribution < -0.4 is 20.5 Å². The van der Waals surface area contributed by atoms with Gasteiger partial charge in [0, 0.05) is 44.4 Å². The van der Waals surface area contributed by atoms with E-state index in [1.807, 2.05) is 48.5 Å². The largest absolute Gasteiger partial charge is 0.474 e. The van der Waals surface area contributed by atoms with E-state index >= 15 is 0 Å². The number of terminal acetylenes is 1. The number of hydrogen-bond acceptors (Lipinski definition) is 8. The molecule has 0 spiro atoms. The summed E-state index contributed by atoms with van der Waals surface area (Å²) in [6, 6.07) is 1.30. The fourth-order valence-corrected chi connectivity index (χ4v) is 4.36. The number of aromatic nitrogens is 2. The van der Waals surface area contributed by atoms with Gasteiger partial charge in [-0.05, 0) is 60.9 Å². The van der Waals surface area contributed by atoms with Gasteiger partial charge < -0.3 is 30.2 Å². The molecular formula is C29H47FN6O4. The van der Waals surface area contributed by atoms with Gasteiger partial charge in [0.15, 0.2) is 5.84 Å². The minimum atomic E-state index is -0.984. The first-order chi connectivity index (χ1) is 18.7. The van der Waals surface area contributed by atoms with Crippen molar-refractivity contribution in [3.05, 3.63) is 11.9 Å². The molecule has 2 heterocycles. The molecule has 0 aromatic carbocycles. The number of rotatable bonds is 12. The van der Waals surface area contributed by atoms with Crippen molar-refractivity contribution < 1.29 is 23.4 Å². The first-order valence-electron chi connectivity index (χ1n) is 14.0. The second-order valence-corrected chi connectivity index (χ2v) is 11.7. The van der Waals surface area contributed by atoms with E-state index in [-0.39, 0.29) is 60.2 Å². The van der Waals surface area contributed by atoms with Crippen molar-refractivity contribution in [1.82, 2.24) is 20.2 Å². The van der Waals surface area contributed by atoms with Crippen LogP contribution in [0.5, 0.6) is 11.8 Å². The van der Waals surface area contributed by atoms with Crippen molar-refractivity contribution in [2.75, 3.05) is 20.1 Å². The third-order valence-corrected chi connectivity index (χ3v) is 6.40. The predicted octanol–water partition coefficient (Wildman–Crippen LogP) is 4.11. The van der Waals surface area contributed by atoms with Crippen LogP contribution in [-0.4, -0.2) is 83.0 Å². The molecule has 40 heavy (non-hydrogen) atoms. The van der Waals surface area contributed by atoms with Crippen LogP contribution in [0.2, 0.25) is 0 Å². The summed E-state index contributed by atoms with van der Waals surface area (Å²) in [4.78, 5) is 27.8. The summed E-state index contributed by atoms with van der Waals surface area (Å²) in [5, 5.41) is 2.85. The van der Waals surface area contributed by atoms with E-state index in [4.69, 9.17) is 26.4 Å². The highest BCUT2D eigenvalue weighted by molar-refractivity contribution is 5.94. The third-order valence-electron chi connectivity index (χ3n) is 6.40. The maximum absolute atomic E-state index is 14.2. The van der Waals surface area contributed by atoms with Crippen LogP contribution in [0.4, 0.5) is 9.18 Å². The number of carbonyl (C=O) groups excluding carboxylic acids is 1. The van der Waals surface area contributed by atoms with E-state index in [0.29, 0.717) is 32.2 Å². The third kappa shape index (κ3) is 10.8. The number of nitrogens with one attached hydrogen (secondary N) is 1. The summed E-state index contributed by atoms with van der Waals surface area (Å²) in [6.45, 7) is 13.8. The second kappa shape index (κ2) is 15.0. The Morgan fingerprint density at radius 3 is 2.58 bits per heavy atom. The van der Waals surface area contributed by atoms with Crippen LogP contribution in [-0.2, 0) is 4.74 Å². The van der Waals surface area contributed by atoms with Crippen molar-refractivity contribution in [3.63, 3.8) is 0 Å². The van der Waals surface area contributed by atoms with E-state index in [1.165, 1.54) is 0 Å². The van der Waals surface area contributed by atoms with Gasteiger partial charge in [0.25, 0.3) is 0 Å². The van der Waals surface area contributed by atoms with Crippen molar-refractivity contribution >= 4 is 11.9 Å². The summed E-state index contributed by atoms with van der Waals surface area (Å²) in [7, 11) is 1.72. The molecule has 0 radical (unpaired) electrons. The van der Waals surface area contributed by atoms with Gasteiger partial charge in [0.2, 0.25) is 17.6 Å². The molecule has 1 saturated heterocycles. The van der Waals surface area contributed by atoms with Gasteiger partial charge in [-0.3, -0.25) is 4.99 Å². The maximum atomic E-state index is 14.2. The minimum Gasteiger partial charge on any atom is -0.474 e. The molecule has 0 bridgehead atoms. The number of alkyl halides is 1. The highest BCUT2D eigenvalue weighted by atomic mass is 19.1. The first kappa shape index (κ1) is 33.1. The van der Waals surface area contributed by atoms with Crippen molar-refractivity contribution in [3.8, 4) is 24.1 Å². The zero-order chi connectivity index (χ0) is 30.0. The van der Waals surface area contributed by atoms with Gasteiger partial charge in [0.1, 0.15) is 24.0 Å². The summed E-state index contributed by atoms with van der Waals surface area (Å²) < 4.78 is 32.1. The number of halogens is 1. The number of aliphatic imine (C=N–C) groups is 1. The minimum absolute atomic E-state index is 0.0631. The Balaban J connectivity index is 2.25. The van der Waals surface area contributed by atoms with Crippen molar-refractivity contribution in [2.24, 2.45) is 16.6 Å². The molecule has 0 aliphatic carbocycles. The highest BCUT2D eigenvalue weighted by Gasteiger charge is 2.35. The smallest absolute Gasteiger partial charge is 0.410 e. The molecule has 1 aliphatic rings. The molecular weight excluding hydrogens is 515 g/mol. The number of nitrogens with zero attached hydrogens (tertiary/aromatic N) is 4. The number of nitrogens with two attached hydrogens (primary N) is 1. The zero-order valence-corrected chi connectivity index (χ0v) is 25.2. The Morgan fingerprint density at radius 1 is 1.30 bits per heavy atom. The Labute approximate surface area is 238 Å². The first-order valence-corrected chi connectivity index (χ1v) is 14.0. The second-order valence-electron chi connectivity index (χ2n) is 11.7. The van der Waals surface area contributed by atoms with Gasteiger partial charge in [-0.1, -0.05) is 6.92 Å². The fourth-order valence-electron chi connectivity index (χ4n) is 4.36. The molecule has 1 aromatic rings. The zero-order valence-electron chi connectivity index (χ0n) is 25.2. The summed E-state index contributed by atoms with van der Waals surface area (Å²) in [5.41, 5.74) is 5.59. The lowest BCUT2D eigenvalue weighted by molar-refractivity contribution is -0.00378. The average molecular weight is 563 g/mol. The van der Waals surface area contributed by atoms with E-state index in [0.717, 1.165) is 0 Å². The molecule has 3 N–H and O–H groups in total. The van der Waals surface area contributed by atoms with Gasteiger partial charge in [-0.2, -0.15) is 9.97 Å². The van der Waals surface area contributed by atoms with E-state index < -0.39 is 17.9 Å². The van der Waals surface area contributed by atoms with Crippen LogP contribution in [0, 0.1) is 18.3 Å². The van der Waals surface area contributed by atoms with Crippen molar-refractivity contribution in [1.29, 1.82) is 0 Å². The molecule has 1 amide bonds. The average Bonchev–Trinajstić information content (AvgIpc) is 2.82. The van der Waals surface area contributed by atoms with Crippen LogP contribution in [0.15, 0.2) is 11.1 Å². The Bertz CT molecular complexity index is 1040. The molecule has 0 saturated carbocycles. The molecule has 11 heteroatoms. The molecule has 10 nitrogen and oxygen atoms in total. The lowest BCUT2D eigenvalue weighted by Crippen LogP contribution is -2.50. The molecule has 1 fully saturated rings. The monoisotopic (exact) mass is 562 g/mol. The van der Waals surface area contributed by atoms with E-state index in [9.17, 15) is 9.18 Å². The van der Waals surface area contributed by atoms with Crippen LogP contribution in [0.3, 0.4) is 0 Å². The van der Waals surface area contributed by atoms with Gasteiger partial charge in [-0.15, -0.1) is 12.3 Å². The van der Waals surface area contributed by atoms with Crippen molar-refractivity contribution in [2.45, 2.75) is 110 Å². The summed E-state index contributed by atoms with van der Waals surface area (Å²) in [6.07, 6.45) is 5.42. The summed E-state index contributed by atoms with van der Waals surface area (Å²) >= 11 is 0. The Hall–Kier alpha value is -3.13. The predicted molar refractivity (Wildman–Crippen MR) is 154 cm³/mol. The lowest BCUT2D eigenvalue weighted by Gasteiger charge is -2.39. The number of amides is 1. The number of carbonyl (C=O) groups is 1. The topological polar surface area (TPSA) is 124 Å². The van der Waals surface area contributed by atoms with Crippen LogP contribution >= 0.6 is 0 Å². The molecule has 0 unspecified atom stereocenters.